The number of carbonyl (C=O) groups is 1. The molecule has 94 valence electrons. The second kappa shape index (κ2) is 5.64. The Bertz CT molecular complexity index is 232. The van der Waals surface area contributed by atoms with Gasteiger partial charge in [-0.05, 0) is 39.8 Å². The average Bonchev–Trinajstić information content (AvgIpc) is 2.17. The molecule has 0 saturated heterocycles. The molecule has 1 atom stereocenters. The molecule has 1 unspecified atom stereocenters. The van der Waals surface area contributed by atoms with Gasteiger partial charge in [0.25, 0.3) is 0 Å². The van der Waals surface area contributed by atoms with Gasteiger partial charge in [-0.3, -0.25) is 4.79 Å². The van der Waals surface area contributed by atoms with E-state index in [1.54, 1.807) is 0 Å². The maximum Gasteiger partial charge on any atom is 0.224 e. The maximum atomic E-state index is 11.8. The minimum atomic E-state index is -0.0284. The van der Waals surface area contributed by atoms with Crippen LogP contribution in [0.25, 0.3) is 0 Å². The van der Waals surface area contributed by atoms with E-state index < -0.39 is 0 Å². The van der Waals surface area contributed by atoms with Crippen molar-refractivity contribution in [2.75, 3.05) is 27.2 Å². The van der Waals surface area contributed by atoms with Crippen LogP contribution in [-0.2, 0) is 4.79 Å². The molecule has 3 N–H and O–H groups in total. The molecule has 0 spiro atoms. The third kappa shape index (κ3) is 2.74. The van der Waals surface area contributed by atoms with Crippen molar-refractivity contribution in [3.05, 3.63) is 0 Å². The van der Waals surface area contributed by atoms with Crippen molar-refractivity contribution in [3.8, 4) is 0 Å². The van der Waals surface area contributed by atoms with Gasteiger partial charge in [-0.25, -0.2) is 0 Å². The molecule has 0 bridgehead atoms. The van der Waals surface area contributed by atoms with Crippen molar-refractivity contribution >= 4 is 5.91 Å². The normalized spacial score (nSPS) is 20.3. The Morgan fingerprint density at radius 2 is 2.12 bits per heavy atom. The largest absolute Gasteiger partial charge is 0.354 e. The zero-order valence-electron chi connectivity index (χ0n) is 10.8. The number of carbonyl (C=O) groups excluding carboxylic acids is 1. The van der Waals surface area contributed by atoms with Crippen molar-refractivity contribution in [1.82, 2.24) is 10.2 Å². The number of hydrogen-bond donors (Lipinski definition) is 2. The molecule has 0 aliphatic heterocycles. The standard InChI is InChI=1S/C12H25N3O/c1-4-10(8-13)11(16)14-9-12(15(2)3)6-5-7-12/h10H,4-9,13H2,1-3H3,(H,14,16). The minimum absolute atomic E-state index is 0.0284. The first-order chi connectivity index (χ1) is 7.55. The first-order valence-corrected chi connectivity index (χ1v) is 6.21. The predicted molar refractivity (Wildman–Crippen MR) is 66.1 cm³/mol. The Labute approximate surface area is 98.6 Å². The Hall–Kier alpha value is -0.610. The quantitative estimate of drug-likeness (QED) is 0.697. The van der Waals surface area contributed by atoms with Gasteiger partial charge in [0.15, 0.2) is 0 Å². The van der Waals surface area contributed by atoms with E-state index >= 15 is 0 Å². The Kier molecular flexibility index (Phi) is 4.74. The summed E-state index contributed by atoms with van der Waals surface area (Å²) in [5.74, 6) is 0.0809. The number of nitrogens with zero attached hydrogens (tertiary/aromatic N) is 1. The zero-order chi connectivity index (χ0) is 12.2. The summed E-state index contributed by atoms with van der Waals surface area (Å²) in [4.78, 5) is 14.0. The number of nitrogens with one attached hydrogen (secondary N) is 1. The molecule has 1 aliphatic rings. The van der Waals surface area contributed by atoms with E-state index in [0.717, 1.165) is 13.0 Å². The molecule has 0 radical (unpaired) electrons. The van der Waals surface area contributed by atoms with Crippen LogP contribution in [0.2, 0.25) is 0 Å². The fourth-order valence-corrected chi connectivity index (χ4v) is 2.22. The molecule has 1 rings (SSSR count). The molecule has 0 aromatic carbocycles. The number of likely N-dealkylation sites (N-methyl/N-ethyl adjacent to an activating group) is 1. The van der Waals surface area contributed by atoms with Crippen LogP contribution in [0.5, 0.6) is 0 Å². The molecule has 1 amide bonds. The molecule has 4 nitrogen and oxygen atoms in total. The fourth-order valence-electron chi connectivity index (χ4n) is 2.22. The summed E-state index contributed by atoms with van der Waals surface area (Å²) in [6.07, 6.45) is 4.44. The Balaban J connectivity index is 2.41. The molecule has 1 saturated carbocycles. The smallest absolute Gasteiger partial charge is 0.224 e. The van der Waals surface area contributed by atoms with E-state index in [-0.39, 0.29) is 17.4 Å². The molecule has 0 heterocycles. The first kappa shape index (κ1) is 13.5. The topological polar surface area (TPSA) is 58.4 Å². The molecular weight excluding hydrogens is 202 g/mol. The summed E-state index contributed by atoms with van der Waals surface area (Å²) < 4.78 is 0. The fraction of sp³-hybridized carbons (Fsp3) is 0.917. The van der Waals surface area contributed by atoms with Crippen molar-refractivity contribution < 1.29 is 4.79 Å². The maximum absolute atomic E-state index is 11.8. The third-order valence-electron chi connectivity index (χ3n) is 3.97. The van der Waals surface area contributed by atoms with Crippen LogP contribution in [0.3, 0.4) is 0 Å². The molecule has 16 heavy (non-hydrogen) atoms. The molecule has 1 fully saturated rings. The lowest BCUT2D eigenvalue weighted by atomic mass is 9.75. The lowest BCUT2D eigenvalue weighted by Gasteiger charge is -2.47. The summed E-state index contributed by atoms with van der Waals surface area (Å²) >= 11 is 0. The van der Waals surface area contributed by atoms with Crippen molar-refractivity contribution in [1.29, 1.82) is 0 Å². The Morgan fingerprint density at radius 3 is 2.44 bits per heavy atom. The number of rotatable bonds is 6. The van der Waals surface area contributed by atoms with Gasteiger partial charge in [0, 0.05) is 24.5 Å². The van der Waals surface area contributed by atoms with Crippen molar-refractivity contribution in [2.24, 2.45) is 11.7 Å². The van der Waals surface area contributed by atoms with Crippen LogP contribution in [0.15, 0.2) is 0 Å². The lowest BCUT2D eigenvalue weighted by molar-refractivity contribution is -0.125. The summed E-state index contributed by atoms with van der Waals surface area (Å²) in [5, 5.41) is 3.05. The highest BCUT2D eigenvalue weighted by atomic mass is 16.1. The van der Waals surface area contributed by atoms with Crippen molar-refractivity contribution in [3.63, 3.8) is 0 Å². The SMILES string of the molecule is CCC(CN)C(=O)NCC1(N(C)C)CCC1. The van der Waals surface area contributed by atoms with E-state index in [9.17, 15) is 4.79 Å². The van der Waals surface area contributed by atoms with Crippen LogP contribution in [0.4, 0.5) is 0 Å². The van der Waals surface area contributed by atoms with Gasteiger partial charge in [0.2, 0.25) is 5.91 Å². The molecule has 4 heteroatoms. The zero-order valence-corrected chi connectivity index (χ0v) is 10.8. The molecule has 1 aliphatic carbocycles. The summed E-state index contributed by atoms with van der Waals surface area (Å²) in [7, 11) is 4.18. The third-order valence-corrected chi connectivity index (χ3v) is 3.97. The summed E-state index contributed by atoms with van der Waals surface area (Å²) in [6.45, 7) is 3.20. The number of hydrogen-bond acceptors (Lipinski definition) is 3. The average molecular weight is 227 g/mol. The van der Waals surface area contributed by atoms with Crippen LogP contribution in [0.1, 0.15) is 32.6 Å². The minimum Gasteiger partial charge on any atom is -0.354 e. The van der Waals surface area contributed by atoms with Crippen LogP contribution >= 0.6 is 0 Å². The van der Waals surface area contributed by atoms with E-state index in [1.165, 1.54) is 19.3 Å². The highest BCUT2D eigenvalue weighted by Gasteiger charge is 2.39. The van der Waals surface area contributed by atoms with Crippen molar-refractivity contribution in [2.45, 2.75) is 38.1 Å². The van der Waals surface area contributed by atoms with Gasteiger partial charge in [-0.15, -0.1) is 0 Å². The van der Waals surface area contributed by atoms with E-state index in [4.69, 9.17) is 5.73 Å². The predicted octanol–water partition coefficient (Wildman–Crippen LogP) is 0.572. The monoisotopic (exact) mass is 227 g/mol. The van der Waals surface area contributed by atoms with Gasteiger partial charge in [0.1, 0.15) is 0 Å². The highest BCUT2D eigenvalue weighted by molar-refractivity contribution is 5.78. The molecule has 0 aromatic heterocycles. The second-order valence-electron chi connectivity index (χ2n) is 5.03. The van der Waals surface area contributed by atoms with Gasteiger partial charge >= 0.3 is 0 Å². The molecular formula is C12H25N3O. The van der Waals surface area contributed by atoms with Crippen LogP contribution in [0, 0.1) is 5.92 Å². The van der Waals surface area contributed by atoms with Crippen LogP contribution in [-0.4, -0.2) is 43.5 Å². The molecule has 0 aromatic rings. The summed E-state index contributed by atoms with van der Waals surface area (Å²) in [5.41, 5.74) is 5.76. The first-order valence-electron chi connectivity index (χ1n) is 6.21. The summed E-state index contributed by atoms with van der Waals surface area (Å²) in [6, 6.07) is 0. The van der Waals surface area contributed by atoms with E-state index in [2.05, 4.69) is 24.3 Å². The van der Waals surface area contributed by atoms with E-state index in [1.807, 2.05) is 6.92 Å². The highest BCUT2D eigenvalue weighted by Crippen LogP contribution is 2.35. The van der Waals surface area contributed by atoms with Gasteiger partial charge < -0.3 is 16.0 Å². The number of nitrogens with two attached hydrogens (primary N) is 1. The van der Waals surface area contributed by atoms with Crippen LogP contribution < -0.4 is 11.1 Å². The second-order valence-corrected chi connectivity index (χ2v) is 5.03. The number of amides is 1. The van der Waals surface area contributed by atoms with Gasteiger partial charge in [-0.2, -0.15) is 0 Å². The lowest BCUT2D eigenvalue weighted by Crippen LogP contribution is -2.57. The van der Waals surface area contributed by atoms with E-state index in [0.29, 0.717) is 6.54 Å². The van der Waals surface area contributed by atoms with Gasteiger partial charge in [-0.1, -0.05) is 6.92 Å². The Morgan fingerprint density at radius 1 is 1.50 bits per heavy atom. The van der Waals surface area contributed by atoms with Gasteiger partial charge in [0.05, 0.1) is 0 Å².